The molecule has 0 fully saturated rings. The molecule has 0 aliphatic carbocycles. The molecule has 0 amide bonds. The average molecular weight is 200 g/mol. The van der Waals surface area contributed by atoms with Crippen molar-refractivity contribution in [3.05, 3.63) is 36.6 Å². The Kier molecular flexibility index (Phi) is 1.91. The number of hydrogen-bond donors (Lipinski definition) is 2. The Hall–Kier alpha value is -1.84. The average Bonchev–Trinajstić information content (AvgIpc) is 2.77. The minimum atomic E-state index is 0.346. The molecule has 2 aromatic rings. The van der Waals surface area contributed by atoms with E-state index in [2.05, 4.69) is 26.3 Å². The van der Waals surface area contributed by atoms with Crippen molar-refractivity contribution >= 4 is 11.0 Å². The Morgan fingerprint density at radius 3 is 3.27 bits per heavy atom. The van der Waals surface area contributed by atoms with Crippen LogP contribution < -0.4 is 5.32 Å². The number of hydrogen-bond acceptors (Lipinski definition) is 3. The van der Waals surface area contributed by atoms with Crippen LogP contribution in [0.15, 0.2) is 30.7 Å². The molecule has 0 aromatic carbocycles. The summed E-state index contributed by atoms with van der Waals surface area (Å²) < 4.78 is 0. The van der Waals surface area contributed by atoms with Crippen LogP contribution in [0.4, 0.5) is 0 Å². The van der Waals surface area contributed by atoms with E-state index in [1.807, 2.05) is 24.7 Å². The maximum atomic E-state index is 4.51. The van der Waals surface area contributed by atoms with Gasteiger partial charge in [-0.2, -0.15) is 0 Å². The van der Waals surface area contributed by atoms with Crippen LogP contribution in [0, 0.1) is 0 Å². The number of allylic oxidation sites excluding steroid dienone is 1. The van der Waals surface area contributed by atoms with Crippen LogP contribution >= 0.6 is 0 Å². The Bertz CT molecular complexity index is 500. The lowest BCUT2D eigenvalue weighted by molar-refractivity contribution is 0.631. The summed E-state index contributed by atoms with van der Waals surface area (Å²) in [6.45, 7) is 0.993. The largest absolute Gasteiger partial charge is 0.391 e. The van der Waals surface area contributed by atoms with Crippen molar-refractivity contribution in [1.29, 1.82) is 0 Å². The molecule has 0 saturated heterocycles. The third kappa shape index (κ3) is 1.48. The number of nitrogens with zero attached hydrogens (tertiary/aromatic N) is 2. The monoisotopic (exact) mass is 200 g/mol. The van der Waals surface area contributed by atoms with Gasteiger partial charge in [-0.25, -0.2) is 9.97 Å². The lowest BCUT2D eigenvalue weighted by Gasteiger charge is -2.15. The molecule has 76 valence electrons. The van der Waals surface area contributed by atoms with E-state index in [0.29, 0.717) is 5.92 Å². The quantitative estimate of drug-likeness (QED) is 0.734. The first kappa shape index (κ1) is 8.47. The smallest absolute Gasteiger partial charge is 0.141 e. The van der Waals surface area contributed by atoms with Crippen LogP contribution in [-0.2, 0) is 0 Å². The zero-order valence-electron chi connectivity index (χ0n) is 8.27. The van der Waals surface area contributed by atoms with Gasteiger partial charge in [-0.1, -0.05) is 6.08 Å². The molecule has 0 bridgehead atoms. The number of aromatic nitrogens is 3. The highest BCUT2D eigenvalue weighted by molar-refractivity contribution is 5.73. The molecule has 3 heterocycles. The summed E-state index contributed by atoms with van der Waals surface area (Å²) in [5, 5.41) is 4.24. The third-order valence-corrected chi connectivity index (χ3v) is 2.70. The Balaban J connectivity index is 2.02. The zero-order chi connectivity index (χ0) is 10.1. The fourth-order valence-electron chi connectivity index (χ4n) is 1.85. The second-order valence-corrected chi connectivity index (χ2v) is 3.72. The minimum Gasteiger partial charge on any atom is -0.391 e. The highest BCUT2D eigenvalue weighted by Crippen LogP contribution is 2.20. The van der Waals surface area contributed by atoms with Crippen LogP contribution in [0.3, 0.4) is 0 Å². The predicted molar refractivity (Wildman–Crippen MR) is 58.4 cm³/mol. The summed E-state index contributed by atoms with van der Waals surface area (Å²) in [5.74, 6) is 1.25. The first-order chi connectivity index (χ1) is 7.43. The molecule has 0 spiro atoms. The first-order valence-corrected chi connectivity index (χ1v) is 5.13. The molecule has 3 rings (SSSR count). The van der Waals surface area contributed by atoms with E-state index in [0.717, 1.165) is 29.8 Å². The molecule has 0 saturated carbocycles. The van der Waals surface area contributed by atoms with E-state index in [4.69, 9.17) is 0 Å². The summed E-state index contributed by atoms with van der Waals surface area (Å²) in [6.07, 6.45) is 8.93. The molecular formula is C11H12N4. The topological polar surface area (TPSA) is 53.6 Å². The predicted octanol–water partition coefficient (Wildman–Crippen LogP) is 1.55. The number of nitrogens with one attached hydrogen (secondary N) is 2. The molecule has 2 N–H and O–H groups in total. The number of H-pyrrole nitrogens is 1. The van der Waals surface area contributed by atoms with Crippen molar-refractivity contribution in [2.75, 3.05) is 6.54 Å². The Labute approximate surface area is 87.4 Å². The van der Waals surface area contributed by atoms with E-state index < -0.39 is 0 Å². The molecule has 1 aliphatic rings. The van der Waals surface area contributed by atoms with Gasteiger partial charge < -0.3 is 10.3 Å². The van der Waals surface area contributed by atoms with Crippen molar-refractivity contribution in [3.8, 4) is 0 Å². The van der Waals surface area contributed by atoms with E-state index in [1.165, 1.54) is 0 Å². The van der Waals surface area contributed by atoms with Crippen LogP contribution in [0.25, 0.3) is 11.0 Å². The first-order valence-electron chi connectivity index (χ1n) is 5.13. The lowest BCUT2D eigenvalue weighted by atomic mass is 10.0. The molecule has 15 heavy (non-hydrogen) atoms. The zero-order valence-corrected chi connectivity index (χ0v) is 8.27. The van der Waals surface area contributed by atoms with Crippen LogP contribution in [0.2, 0.25) is 0 Å². The van der Waals surface area contributed by atoms with Crippen molar-refractivity contribution in [3.63, 3.8) is 0 Å². The highest BCUT2D eigenvalue weighted by atomic mass is 14.9. The standard InChI is InChI=1S/C11H12N4/c1-4-12-5-2-8(1)10-14-7-9-3-6-13-11(9)15-10/h1,3-4,6-8,12H,2,5H2,(H,13,14,15). The molecule has 1 aliphatic heterocycles. The minimum absolute atomic E-state index is 0.346. The second-order valence-electron chi connectivity index (χ2n) is 3.72. The summed E-state index contributed by atoms with van der Waals surface area (Å²) in [7, 11) is 0. The lowest BCUT2D eigenvalue weighted by Crippen LogP contribution is -2.17. The molecule has 4 heteroatoms. The van der Waals surface area contributed by atoms with E-state index >= 15 is 0 Å². The van der Waals surface area contributed by atoms with Gasteiger partial charge in [0.25, 0.3) is 0 Å². The van der Waals surface area contributed by atoms with Crippen LogP contribution in [0.1, 0.15) is 18.2 Å². The molecule has 4 nitrogen and oxygen atoms in total. The van der Waals surface area contributed by atoms with Gasteiger partial charge in [0.15, 0.2) is 0 Å². The Morgan fingerprint density at radius 1 is 1.40 bits per heavy atom. The molecule has 2 aromatic heterocycles. The molecule has 1 unspecified atom stereocenters. The SMILES string of the molecule is C1=CC(c2ncc3cc[nH]c3n2)CCN1. The summed E-state index contributed by atoms with van der Waals surface area (Å²) >= 11 is 0. The number of aromatic amines is 1. The summed E-state index contributed by atoms with van der Waals surface area (Å²) in [5.41, 5.74) is 0.923. The van der Waals surface area contributed by atoms with Crippen molar-refractivity contribution in [2.45, 2.75) is 12.3 Å². The highest BCUT2D eigenvalue weighted by Gasteiger charge is 2.14. The van der Waals surface area contributed by atoms with Gasteiger partial charge in [-0.05, 0) is 18.7 Å². The van der Waals surface area contributed by atoms with Gasteiger partial charge in [0.1, 0.15) is 11.5 Å². The summed E-state index contributed by atoms with van der Waals surface area (Å²) in [4.78, 5) is 12.0. The fourth-order valence-corrected chi connectivity index (χ4v) is 1.85. The summed E-state index contributed by atoms with van der Waals surface area (Å²) in [6, 6.07) is 1.98. The van der Waals surface area contributed by atoms with E-state index in [9.17, 15) is 0 Å². The van der Waals surface area contributed by atoms with E-state index in [-0.39, 0.29) is 0 Å². The molecular weight excluding hydrogens is 188 g/mol. The van der Waals surface area contributed by atoms with Gasteiger partial charge in [-0.3, -0.25) is 0 Å². The van der Waals surface area contributed by atoms with Gasteiger partial charge in [0, 0.05) is 30.2 Å². The fraction of sp³-hybridized carbons (Fsp3) is 0.273. The van der Waals surface area contributed by atoms with Crippen LogP contribution in [0.5, 0.6) is 0 Å². The van der Waals surface area contributed by atoms with Gasteiger partial charge in [0.2, 0.25) is 0 Å². The Morgan fingerprint density at radius 2 is 2.40 bits per heavy atom. The molecule has 1 atom stereocenters. The van der Waals surface area contributed by atoms with Gasteiger partial charge >= 0.3 is 0 Å². The maximum absolute atomic E-state index is 4.51. The maximum Gasteiger partial charge on any atom is 0.141 e. The molecule has 0 radical (unpaired) electrons. The van der Waals surface area contributed by atoms with Gasteiger partial charge in [0.05, 0.1) is 0 Å². The number of rotatable bonds is 1. The normalized spacial score (nSPS) is 20.4. The van der Waals surface area contributed by atoms with Crippen molar-refractivity contribution in [1.82, 2.24) is 20.3 Å². The van der Waals surface area contributed by atoms with Crippen LogP contribution in [-0.4, -0.2) is 21.5 Å². The van der Waals surface area contributed by atoms with Crippen molar-refractivity contribution < 1.29 is 0 Å². The number of fused-ring (bicyclic) bond motifs is 1. The van der Waals surface area contributed by atoms with E-state index in [1.54, 1.807) is 0 Å². The van der Waals surface area contributed by atoms with Gasteiger partial charge in [-0.15, -0.1) is 0 Å². The third-order valence-electron chi connectivity index (χ3n) is 2.70. The second kappa shape index (κ2) is 3.38. The van der Waals surface area contributed by atoms with Crippen molar-refractivity contribution in [2.24, 2.45) is 0 Å².